The summed E-state index contributed by atoms with van der Waals surface area (Å²) < 4.78 is 41.6. The predicted octanol–water partition coefficient (Wildman–Crippen LogP) is 15.0. The van der Waals surface area contributed by atoms with Gasteiger partial charge < -0.3 is 9.47 Å². The van der Waals surface area contributed by atoms with Gasteiger partial charge in [-0.15, -0.1) is 0 Å². The molecule has 0 aliphatic rings. The monoisotopic (exact) mass is 852 g/mol. The molecule has 0 saturated heterocycles. The van der Waals surface area contributed by atoms with Crippen LogP contribution >= 0.6 is 15.9 Å². The number of halogens is 1. The molecule has 294 valence electrons. The minimum absolute atomic E-state index is 0.0259. The molecule has 0 atom stereocenters. The van der Waals surface area contributed by atoms with E-state index in [4.69, 9.17) is 18.6 Å². The van der Waals surface area contributed by atoms with Gasteiger partial charge in [0.1, 0.15) is 28.8 Å². The number of nitrogens with zero attached hydrogens (tertiary/aromatic N) is 3. The first-order chi connectivity index (χ1) is 30.2. The largest absolute Gasteiger partial charge is 0.457 e. The first-order valence-corrected chi connectivity index (χ1v) is 20.3. The molecule has 7 aromatic carbocycles. The molecule has 0 fully saturated rings. The number of hydrogen-bond donors (Lipinski definition) is 0. The van der Waals surface area contributed by atoms with Crippen molar-refractivity contribution in [2.45, 2.75) is 33.0 Å². The molecule has 2 aromatic heterocycles. The van der Waals surface area contributed by atoms with E-state index in [1.165, 1.54) is 5.56 Å². The molecule has 0 amide bonds. The minimum atomic E-state index is -2.49. The third-order valence-corrected chi connectivity index (χ3v) is 11.1. The van der Waals surface area contributed by atoms with Crippen molar-refractivity contribution in [3.05, 3.63) is 196 Å². The second-order valence-electron chi connectivity index (χ2n) is 15.6. The maximum Gasteiger partial charge on any atom is 0.284 e. The van der Waals surface area contributed by atoms with Gasteiger partial charge in [-0.1, -0.05) is 109 Å². The van der Waals surface area contributed by atoms with Crippen LogP contribution in [-0.4, -0.2) is 14.5 Å². The number of hydrogen-bond acceptors (Lipinski definition) is 5. The molecule has 0 aliphatic carbocycles. The Labute approximate surface area is 361 Å². The highest BCUT2D eigenvalue weighted by Crippen LogP contribution is 2.41. The number of pyridine rings is 1. The fourth-order valence-electron chi connectivity index (χ4n) is 7.63. The van der Waals surface area contributed by atoms with Crippen LogP contribution in [0.15, 0.2) is 174 Å². The number of fused-ring (bicyclic) bond motifs is 3. The van der Waals surface area contributed by atoms with E-state index in [0.717, 1.165) is 31.8 Å². The van der Waals surface area contributed by atoms with Crippen LogP contribution in [0.5, 0.6) is 23.0 Å². The number of nitro benzene ring substituents is 1. The van der Waals surface area contributed by atoms with Gasteiger partial charge in [0.25, 0.3) is 5.69 Å². The number of rotatable bonds is 9. The SMILES string of the molecule is [2H]C([2H])([2H])c1cc(-n2c3ccc(C(C)(C)C)cc3c3ccc(Oc4cccc(Br)c4)cc32)ncc1-c1cccc(Oc2ccc(-c3cccc(-c4ccccc4)c3[N+](=O)[O-])cc2)c1. The smallest absolute Gasteiger partial charge is 0.284 e. The van der Waals surface area contributed by atoms with Crippen molar-refractivity contribution in [3.63, 3.8) is 0 Å². The second kappa shape index (κ2) is 15.6. The van der Waals surface area contributed by atoms with Crippen molar-refractivity contribution in [2.75, 3.05) is 0 Å². The van der Waals surface area contributed by atoms with Crippen LogP contribution < -0.4 is 9.47 Å². The van der Waals surface area contributed by atoms with Gasteiger partial charge in [0, 0.05) is 37.2 Å². The van der Waals surface area contributed by atoms with Gasteiger partial charge in [0.05, 0.1) is 27.1 Å². The van der Waals surface area contributed by atoms with Crippen LogP contribution in [0, 0.1) is 17.0 Å². The van der Waals surface area contributed by atoms with Crippen LogP contribution in [0.3, 0.4) is 0 Å². The molecule has 0 unspecified atom stereocenters. The molecule has 2 heterocycles. The zero-order valence-electron chi connectivity index (χ0n) is 36.0. The van der Waals surface area contributed by atoms with Gasteiger partial charge in [0.15, 0.2) is 0 Å². The summed E-state index contributed by atoms with van der Waals surface area (Å²) in [6.07, 6.45) is 1.62. The molecular weight excluding hydrogens is 810 g/mol. The molecule has 60 heavy (non-hydrogen) atoms. The summed E-state index contributed by atoms with van der Waals surface area (Å²) in [4.78, 5) is 17.0. The Balaban J connectivity index is 1.07. The summed E-state index contributed by atoms with van der Waals surface area (Å²) >= 11 is 3.53. The molecule has 9 aromatic rings. The van der Waals surface area contributed by atoms with Gasteiger partial charge in [0.2, 0.25) is 0 Å². The molecule has 0 bridgehead atoms. The van der Waals surface area contributed by atoms with Crippen molar-refractivity contribution in [3.8, 4) is 62.2 Å². The minimum Gasteiger partial charge on any atom is -0.457 e. The van der Waals surface area contributed by atoms with Gasteiger partial charge in [-0.25, -0.2) is 4.98 Å². The van der Waals surface area contributed by atoms with E-state index in [0.29, 0.717) is 56.6 Å². The quantitative estimate of drug-likeness (QED) is 0.107. The number of aryl methyl sites for hydroxylation is 1. The number of aromatic nitrogens is 2. The van der Waals surface area contributed by atoms with E-state index in [1.54, 1.807) is 66.9 Å². The zero-order chi connectivity index (χ0) is 44.0. The highest BCUT2D eigenvalue weighted by Gasteiger charge is 2.23. The Morgan fingerprint density at radius 2 is 1.27 bits per heavy atom. The normalized spacial score (nSPS) is 12.5. The standard InChI is InChI=1S/C52H40BrN3O4/c1-33-27-50(55-48-26-21-37(52(2,3)4)29-46(48)45-25-24-42(31-49(45)55)60-41-16-9-14-38(53)30-41)54-32-47(33)36-13-8-15-40(28-36)59-39-22-19-35(20-23-39)44-18-10-17-43(51(44)56(57)58)34-11-6-5-7-12-34/h5-32H,1-4H3/i1D3. The van der Waals surface area contributed by atoms with Gasteiger partial charge in [-0.2, -0.15) is 0 Å². The number of nitro groups is 1. The second-order valence-corrected chi connectivity index (χ2v) is 16.5. The highest BCUT2D eigenvalue weighted by molar-refractivity contribution is 9.10. The average molecular weight is 854 g/mol. The topological polar surface area (TPSA) is 79.4 Å². The summed E-state index contributed by atoms with van der Waals surface area (Å²) in [5, 5.41) is 14.4. The summed E-state index contributed by atoms with van der Waals surface area (Å²) in [5.74, 6) is 2.74. The first-order valence-electron chi connectivity index (χ1n) is 21.0. The van der Waals surface area contributed by atoms with Crippen LogP contribution in [0.4, 0.5) is 5.69 Å². The van der Waals surface area contributed by atoms with Gasteiger partial charge in [-0.05, 0) is 125 Å². The molecule has 0 saturated carbocycles. The van der Waals surface area contributed by atoms with Crippen molar-refractivity contribution in [2.24, 2.45) is 0 Å². The average Bonchev–Trinajstić information content (AvgIpc) is 3.59. The van der Waals surface area contributed by atoms with E-state index >= 15 is 0 Å². The number of ether oxygens (including phenoxy) is 2. The third-order valence-electron chi connectivity index (χ3n) is 10.6. The van der Waals surface area contributed by atoms with Crippen LogP contribution in [0.1, 0.15) is 36.0 Å². The van der Waals surface area contributed by atoms with E-state index in [9.17, 15) is 10.1 Å². The number of para-hydroxylation sites is 1. The van der Waals surface area contributed by atoms with E-state index < -0.39 is 6.85 Å². The Morgan fingerprint density at radius 3 is 1.98 bits per heavy atom. The molecule has 8 heteroatoms. The lowest BCUT2D eigenvalue weighted by Crippen LogP contribution is -2.10. The lowest BCUT2D eigenvalue weighted by molar-refractivity contribution is -0.383. The molecule has 0 aliphatic heterocycles. The highest BCUT2D eigenvalue weighted by atomic mass is 79.9. The molecule has 9 rings (SSSR count). The van der Waals surface area contributed by atoms with Gasteiger partial charge >= 0.3 is 0 Å². The van der Waals surface area contributed by atoms with Crippen LogP contribution in [-0.2, 0) is 5.41 Å². The molecular formula is C52H40BrN3O4. The summed E-state index contributed by atoms with van der Waals surface area (Å²) in [5.41, 5.74) is 6.46. The molecule has 0 N–H and O–H groups in total. The Hall–Kier alpha value is -7.03. The molecule has 0 radical (unpaired) electrons. The maximum atomic E-state index is 12.4. The number of benzene rings is 7. The van der Waals surface area contributed by atoms with Crippen LogP contribution in [0.2, 0.25) is 0 Å². The van der Waals surface area contributed by atoms with Crippen molar-refractivity contribution in [1.29, 1.82) is 0 Å². The summed E-state index contributed by atoms with van der Waals surface area (Å²) in [7, 11) is 0. The zero-order valence-corrected chi connectivity index (χ0v) is 34.6. The van der Waals surface area contributed by atoms with Crippen molar-refractivity contribution < 1.29 is 18.5 Å². The predicted molar refractivity (Wildman–Crippen MR) is 246 cm³/mol. The summed E-state index contributed by atoms with van der Waals surface area (Å²) in [6, 6.07) is 50.6. The third kappa shape index (κ3) is 7.53. The summed E-state index contributed by atoms with van der Waals surface area (Å²) in [6.45, 7) is 4.05. The maximum absolute atomic E-state index is 12.4. The van der Waals surface area contributed by atoms with Crippen molar-refractivity contribution >= 4 is 43.4 Å². The lowest BCUT2D eigenvalue weighted by atomic mass is 9.86. The van der Waals surface area contributed by atoms with Crippen LogP contribution in [0.25, 0.3) is 61.0 Å². The Bertz CT molecular complexity index is 3200. The Morgan fingerprint density at radius 1 is 0.617 bits per heavy atom. The van der Waals surface area contributed by atoms with E-state index in [1.807, 2.05) is 89.5 Å². The lowest BCUT2D eigenvalue weighted by Gasteiger charge is -2.19. The Kier molecular flexibility index (Phi) is 9.10. The fourth-order valence-corrected chi connectivity index (χ4v) is 8.01. The van der Waals surface area contributed by atoms with Crippen molar-refractivity contribution in [1.82, 2.24) is 9.55 Å². The van der Waals surface area contributed by atoms with E-state index in [2.05, 4.69) is 54.9 Å². The van der Waals surface area contributed by atoms with E-state index in [-0.39, 0.29) is 21.6 Å². The molecule has 7 nitrogen and oxygen atoms in total. The first kappa shape index (κ1) is 35.0. The molecule has 0 spiro atoms. The fraction of sp³-hybridized carbons (Fsp3) is 0.0962. The van der Waals surface area contributed by atoms with Gasteiger partial charge in [-0.3, -0.25) is 14.7 Å².